The van der Waals surface area contributed by atoms with Gasteiger partial charge in [0.25, 0.3) is 0 Å². The lowest BCUT2D eigenvalue weighted by Crippen LogP contribution is -1.80. The molecule has 3 rings (SSSR count). The molecule has 0 aliphatic rings. The summed E-state index contributed by atoms with van der Waals surface area (Å²) in [5, 5.41) is 3.70. The summed E-state index contributed by atoms with van der Waals surface area (Å²) in [5.74, 6) is 0. The Morgan fingerprint density at radius 2 is 1.40 bits per heavy atom. The average molecular weight is 197 g/mol. The molecule has 0 atom stereocenters. The molecule has 0 saturated carbocycles. The van der Waals surface area contributed by atoms with Crippen molar-refractivity contribution in [3.05, 3.63) is 54.7 Å². The van der Waals surface area contributed by atoms with Crippen LogP contribution >= 0.6 is 0 Å². The summed E-state index contributed by atoms with van der Waals surface area (Å²) in [6.07, 6.45) is 1.93. The second-order valence-corrected chi connectivity index (χ2v) is 3.36. The number of para-hydroxylation sites is 1. The first-order chi connectivity index (χ1) is 6.95. The van der Waals surface area contributed by atoms with Crippen molar-refractivity contribution in [2.24, 2.45) is 0 Å². The lowest BCUT2D eigenvalue weighted by Gasteiger charge is -2.01. The van der Waals surface area contributed by atoms with Crippen molar-refractivity contribution >= 4 is 21.7 Å². The Morgan fingerprint density at radius 1 is 0.733 bits per heavy atom. The maximum absolute atomic E-state index is 4.41. The van der Waals surface area contributed by atoms with Crippen molar-refractivity contribution in [1.29, 1.82) is 0 Å². The molecule has 0 aliphatic carbocycles. The van der Waals surface area contributed by atoms with Gasteiger partial charge in [0.2, 0.25) is 0 Å². The largest absolute Gasteiger partial charge is 0.412 e. The number of pyridine rings is 1. The summed E-state index contributed by atoms with van der Waals surface area (Å²) in [4.78, 5) is 4.41. The normalized spacial score (nSPS) is 10.1. The van der Waals surface area contributed by atoms with Gasteiger partial charge in [-0.2, -0.15) is 0 Å². The van der Waals surface area contributed by atoms with Crippen LogP contribution in [0, 0.1) is 0 Å². The molecule has 0 fully saturated rings. The van der Waals surface area contributed by atoms with Gasteiger partial charge in [0.1, 0.15) is 0 Å². The molecule has 74 valence electrons. The fourth-order valence-corrected chi connectivity index (χ4v) is 1.81. The zero-order valence-corrected chi connectivity index (χ0v) is 8.14. The van der Waals surface area contributed by atoms with Crippen molar-refractivity contribution in [3.8, 4) is 0 Å². The highest BCUT2D eigenvalue weighted by Crippen LogP contribution is 2.22. The first kappa shape index (κ1) is 9.62. The van der Waals surface area contributed by atoms with Crippen LogP contribution in [0.15, 0.2) is 54.7 Å². The van der Waals surface area contributed by atoms with E-state index in [1.165, 1.54) is 16.2 Å². The van der Waals surface area contributed by atoms with Gasteiger partial charge in [0.15, 0.2) is 0 Å². The molecule has 2 aromatic carbocycles. The van der Waals surface area contributed by atoms with E-state index in [9.17, 15) is 0 Å². The Kier molecular flexibility index (Phi) is 2.35. The third-order valence-electron chi connectivity index (χ3n) is 2.50. The Balaban J connectivity index is 0.000000853. The van der Waals surface area contributed by atoms with E-state index in [0.717, 1.165) is 5.52 Å². The first-order valence-electron chi connectivity index (χ1n) is 4.68. The Morgan fingerprint density at radius 3 is 2.27 bits per heavy atom. The molecule has 2 nitrogen and oxygen atoms in total. The highest BCUT2D eigenvalue weighted by molar-refractivity contribution is 6.05. The van der Waals surface area contributed by atoms with Crippen molar-refractivity contribution < 1.29 is 5.48 Å². The third-order valence-corrected chi connectivity index (χ3v) is 2.50. The summed E-state index contributed by atoms with van der Waals surface area (Å²) in [7, 11) is 0. The number of hydrogen-bond donors (Lipinski definition) is 0. The van der Waals surface area contributed by atoms with E-state index in [2.05, 4.69) is 35.3 Å². The SMILES string of the molecule is O.c1ccc2c(c1)cnc1ccccc12. The fourth-order valence-electron chi connectivity index (χ4n) is 1.81. The Bertz CT molecular complexity index is 550. The Hall–Kier alpha value is -1.93. The van der Waals surface area contributed by atoms with E-state index in [1.807, 2.05) is 24.4 Å². The van der Waals surface area contributed by atoms with Gasteiger partial charge in [-0.05, 0) is 11.5 Å². The molecule has 1 aromatic heterocycles. The maximum atomic E-state index is 4.41. The number of fused-ring (bicyclic) bond motifs is 3. The average Bonchev–Trinajstić information content (AvgIpc) is 2.29. The van der Waals surface area contributed by atoms with Gasteiger partial charge in [-0.1, -0.05) is 42.5 Å². The topological polar surface area (TPSA) is 44.4 Å². The predicted octanol–water partition coefficient (Wildman–Crippen LogP) is 2.56. The van der Waals surface area contributed by atoms with Crippen LogP contribution in [0.2, 0.25) is 0 Å². The number of nitrogens with zero attached hydrogens (tertiary/aromatic N) is 1. The van der Waals surface area contributed by atoms with Gasteiger partial charge in [-0.3, -0.25) is 4.98 Å². The smallest absolute Gasteiger partial charge is 0.0708 e. The molecule has 2 heteroatoms. The fraction of sp³-hybridized carbons (Fsp3) is 0. The highest BCUT2D eigenvalue weighted by atomic mass is 16.0. The van der Waals surface area contributed by atoms with E-state index in [1.54, 1.807) is 0 Å². The van der Waals surface area contributed by atoms with Crippen LogP contribution in [0.4, 0.5) is 0 Å². The molecule has 0 radical (unpaired) electrons. The molecule has 0 saturated heterocycles. The molecule has 2 N–H and O–H groups in total. The molecule has 15 heavy (non-hydrogen) atoms. The zero-order valence-electron chi connectivity index (χ0n) is 8.14. The molecular formula is C13H11NO. The lowest BCUT2D eigenvalue weighted by atomic mass is 10.1. The van der Waals surface area contributed by atoms with E-state index in [4.69, 9.17) is 0 Å². The Labute approximate surface area is 87.5 Å². The summed E-state index contributed by atoms with van der Waals surface area (Å²) in [5.41, 5.74) is 1.06. The summed E-state index contributed by atoms with van der Waals surface area (Å²) in [6, 6.07) is 16.6. The van der Waals surface area contributed by atoms with E-state index in [-0.39, 0.29) is 5.48 Å². The number of aromatic nitrogens is 1. The van der Waals surface area contributed by atoms with Gasteiger partial charge in [-0.25, -0.2) is 0 Å². The number of rotatable bonds is 0. The molecular weight excluding hydrogens is 186 g/mol. The van der Waals surface area contributed by atoms with Crippen LogP contribution in [-0.2, 0) is 0 Å². The molecule has 1 heterocycles. The first-order valence-corrected chi connectivity index (χ1v) is 4.68. The van der Waals surface area contributed by atoms with E-state index < -0.39 is 0 Å². The number of benzene rings is 2. The minimum Gasteiger partial charge on any atom is -0.412 e. The molecule has 0 amide bonds. The minimum absolute atomic E-state index is 0. The summed E-state index contributed by atoms with van der Waals surface area (Å²) < 4.78 is 0. The van der Waals surface area contributed by atoms with Gasteiger partial charge in [-0.15, -0.1) is 0 Å². The third kappa shape index (κ3) is 1.45. The quantitative estimate of drug-likeness (QED) is 0.511. The van der Waals surface area contributed by atoms with Gasteiger partial charge in [0.05, 0.1) is 5.52 Å². The van der Waals surface area contributed by atoms with Crippen LogP contribution in [0.3, 0.4) is 0 Å². The zero-order chi connectivity index (χ0) is 9.38. The monoisotopic (exact) mass is 197 g/mol. The van der Waals surface area contributed by atoms with E-state index in [0.29, 0.717) is 0 Å². The van der Waals surface area contributed by atoms with Crippen LogP contribution in [0.1, 0.15) is 0 Å². The second kappa shape index (κ2) is 3.67. The van der Waals surface area contributed by atoms with Crippen LogP contribution in [0.25, 0.3) is 21.7 Å². The van der Waals surface area contributed by atoms with Crippen molar-refractivity contribution in [1.82, 2.24) is 4.98 Å². The summed E-state index contributed by atoms with van der Waals surface area (Å²) >= 11 is 0. The molecule has 0 bridgehead atoms. The molecule has 0 aliphatic heterocycles. The van der Waals surface area contributed by atoms with Crippen molar-refractivity contribution in [3.63, 3.8) is 0 Å². The minimum atomic E-state index is 0. The molecule has 0 spiro atoms. The maximum Gasteiger partial charge on any atom is 0.0708 e. The van der Waals surface area contributed by atoms with Gasteiger partial charge >= 0.3 is 0 Å². The van der Waals surface area contributed by atoms with Crippen LogP contribution in [0.5, 0.6) is 0 Å². The van der Waals surface area contributed by atoms with Crippen LogP contribution in [-0.4, -0.2) is 10.5 Å². The molecule has 0 unspecified atom stereocenters. The lowest BCUT2D eigenvalue weighted by molar-refractivity contribution is 0.824. The predicted molar refractivity (Wildman–Crippen MR) is 62.9 cm³/mol. The van der Waals surface area contributed by atoms with Gasteiger partial charge in [0, 0.05) is 17.0 Å². The standard InChI is InChI=1S/C13H9N.H2O/c1-2-6-11-10(5-1)9-14-13-8-4-3-7-12(11)13;/h1-9H;1H2. The number of hydrogen-bond acceptors (Lipinski definition) is 1. The van der Waals surface area contributed by atoms with Gasteiger partial charge < -0.3 is 5.48 Å². The second-order valence-electron chi connectivity index (χ2n) is 3.36. The van der Waals surface area contributed by atoms with E-state index >= 15 is 0 Å². The van der Waals surface area contributed by atoms with Crippen molar-refractivity contribution in [2.45, 2.75) is 0 Å². The van der Waals surface area contributed by atoms with Crippen molar-refractivity contribution in [2.75, 3.05) is 0 Å². The highest BCUT2D eigenvalue weighted by Gasteiger charge is 1.98. The molecule has 3 aromatic rings. The van der Waals surface area contributed by atoms with Crippen LogP contribution < -0.4 is 0 Å². The summed E-state index contributed by atoms with van der Waals surface area (Å²) in [6.45, 7) is 0.